The number of anilines is 1. The zero-order chi connectivity index (χ0) is 21.8. The van der Waals surface area contributed by atoms with Gasteiger partial charge in [0.1, 0.15) is 12.3 Å². The van der Waals surface area contributed by atoms with Gasteiger partial charge in [-0.1, -0.05) is 12.1 Å². The Labute approximate surface area is 181 Å². The summed E-state index contributed by atoms with van der Waals surface area (Å²) in [7, 11) is 0. The van der Waals surface area contributed by atoms with Crippen molar-refractivity contribution in [2.24, 2.45) is 0 Å². The van der Waals surface area contributed by atoms with Gasteiger partial charge in [-0.2, -0.15) is 0 Å². The number of likely N-dealkylation sites (N-methyl/N-ethyl adjacent to an activating group) is 1. The number of nitro groups is 1. The average Bonchev–Trinajstić information content (AvgIpc) is 2.82. The van der Waals surface area contributed by atoms with Crippen molar-refractivity contribution in [1.82, 2.24) is 4.90 Å². The Kier molecular flexibility index (Phi) is 6.25. The first-order valence-corrected chi connectivity index (χ1v) is 10.8. The second kappa shape index (κ2) is 9.24. The van der Waals surface area contributed by atoms with E-state index < -0.39 is 4.92 Å². The SMILES string of the molecule is CCN(C[C@H]1COc2ccccc2O1)C(=O)c1ccc(N2CCCCC2)c([N+](=O)[O-])c1. The number of piperidine rings is 1. The molecule has 0 saturated carbocycles. The van der Waals surface area contributed by atoms with Crippen LogP contribution in [0.1, 0.15) is 36.5 Å². The number of hydrogen-bond donors (Lipinski definition) is 0. The highest BCUT2D eigenvalue weighted by Crippen LogP contribution is 2.33. The summed E-state index contributed by atoms with van der Waals surface area (Å²) < 4.78 is 11.7. The number of fused-ring (bicyclic) bond motifs is 1. The van der Waals surface area contributed by atoms with Gasteiger partial charge in [-0.3, -0.25) is 14.9 Å². The van der Waals surface area contributed by atoms with Crippen molar-refractivity contribution >= 4 is 17.3 Å². The number of ether oxygens (including phenoxy) is 2. The number of carbonyl (C=O) groups excluding carboxylic acids is 1. The van der Waals surface area contributed by atoms with Gasteiger partial charge in [0, 0.05) is 31.3 Å². The standard InChI is InChI=1S/C23H27N3O5/c1-2-24(15-18-16-30-21-8-4-5-9-22(21)31-18)23(27)17-10-11-19(20(14-17)26(28)29)25-12-6-3-7-13-25/h4-5,8-11,14,18H,2-3,6-7,12-13,15-16H2,1H3/t18-/m0/s1. The Morgan fingerprint density at radius 2 is 1.90 bits per heavy atom. The van der Waals surface area contributed by atoms with Crippen LogP contribution in [0.2, 0.25) is 0 Å². The van der Waals surface area contributed by atoms with Crippen LogP contribution in [0.4, 0.5) is 11.4 Å². The van der Waals surface area contributed by atoms with Crippen molar-refractivity contribution < 1.29 is 19.2 Å². The fraction of sp³-hybridized carbons (Fsp3) is 0.435. The molecule has 1 amide bonds. The quantitative estimate of drug-likeness (QED) is 0.516. The van der Waals surface area contributed by atoms with Crippen LogP contribution >= 0.6 is 0 Å². The van der Waals surface area contributed by atoms with Gasteiger partial charge in [0.25, 0.3) is 11.6 Å². The van der Waals surface area contributed by atoms with Crippen LogP contribution < -0.4 is 14.4 Å². The molecule has 4 rings (SSSR count). The molecular formula is C23H27N3O5. The van der Waals surface area contributed by atoms with E-state index in [-0.39, 0.29) is 17.7 Å². The van der Waals surface area contributed by atoms with Crippen LogP contribution in [0.15, 0.2) is 42.5 Å². The Hall–Kier alpha value is -3.29. The Morgan fingerprint density at radius 1 is 1.16 bits per heavy atom. The molecule has 2 aromatic rings. The number of carbonyl (C=O) groups is 1. The minimum Gasteiger partial charge on any atom is -0.486 e. The van der Waals surface area contributed by atoms with Crippen molar-refractivity contribution in [3.05, 3.63) is 58.1 Å². The molecule has 8 heteroatoms. The highest BCUT2D eigenvalue weighted by molar-refractivity contribution is 5.95. The maximum absolute atomic E-state index is 13.2. The monoisotopic (exact) mass is 425 g/mol. The molecule has 1 atom stereocenters. The molecule has 0 aliphatic carbocycles. The van der Waals surface area contributed by atoms with Gasteiger partial charge < -0.3 is 19.3 Å². The van der Waals surface area contributed by atoms with Crippen molar-refractivity contribution in [2.45, 2.75) is 32.3 Å². The first-order chi connectivity index (χ1) is 15.1. The fourth-order valence-corrected chi connectivity index (χ4v) is 4.14. The van der Waals surface area contributed by atoms with Crippen molar-refractivity contribution in [3.8, 4) is 11.5 Å². The summed E-state index contributed by atoms with van der Waals surface area (Å²) in [4.78, 5) is 28.2. The molecule has 0 bridgehead atoms. The average molecular weight is 425 g/mol. The van der Waals surface area contributed by atoms with Crippen LogP contribution in [0, 0.1) is 10.1 Å². The number of rotatable bonds is 6. The predicted octanol–water partition coefficient (Wildman–Crippen LogP) is 3.89. The molecule has 2 aromatic carbocycles. The number of hydrogen-bond acceptors (Lipinski definition) is 6. The minimum absolute atomic E-state index is 0.0185. The van der Waals surface area contributed by atoms with E-state index in [1.807, 2.05) is 36.1 Å². The van der Waals surface area contributed by atoms with Crippen LogP contribution in [0.25, 0.3) is 0 Å². The second-order valence-electron chi connectivity index (χ2n) is 7.85. The lowest BCUT2D eigenvalue weighted by Gasteiger charge is -2.31. The molecule has 1 saturated heterocycles. The molecule has 2 aliphatic heterocycles. The lowest BCUT2D eigenvalue weighted by Crippen LogP contribution is -2.43. The molecule has 164 valence electrons. The van der Waals surface area contributed by atoms with Gasteiger partial charge in [0.2, 0.25) is 0 Å². The van der Waals surface area contributed by atoms with Gasteiger partial charge in [-0.15, -0.1) is 0 Å². The molecule has 0 unspecified atom stereocenters. The predicted molar refractivity (Wildman–Crippen MR) is 117 cm³/mol. The van der Waals surface area contributed by atoms with Crippen molar-refractivity contribution in [1.29, 1.82) is 0 Å². The van der Waals surface area contributed by atoms with E-state index in [0.717, 1.165) is 32.4 Å². The smallest absolute Gasteiger partial charge is 0.293 e. The zero-order valence-electron chi connectivity index (χ0n) is 17.7. The molecule has 0 N–H and O–H groups in total. The topological polar surface area (TPSA) is 85.2 Å². The van der Waals surface area contributed by atoms with Crippen molar-refractivity contribution in [3.63, 3.8) is 0 Å². The molecule has 0 radical (unpaired) electrons. The molecule has 1 fully saturated rings. The van der Waals surface area contributed by atoms with E-state index in [0.29, 0.717) is 42.4 Å². The van der Waals surface area contributed by atoms with Gasteiger partial charge in [0.05, 0.1) is 11.5 Å². The summed E-state index contributed by atoms with van der Waals surface area (Å²) in [5, 5.41) is 11.7. The van der Waals surface area contributed by atoms with Crippen LogP contribution in [0.3, 0.4) is 0 Å². The molecule has 2 aliphatic rings. The summed E-state index contributed by atoms with van der Waals surface area (Å²) in [6, 6.07) is 12.2. The molecule has 0 aromatic heterocycles. The van der Waals surface area contributed by atoms with E-state index in [2.05, 4.69) is 0 Å². The third kappa shape index (κ3) is 4.57. The lowest BCUT2D eigenvalue weighted by molar-refractivity contribution is -0.384. The summed E-state index contributed by atoms with van der Waals surface area (Å²) in [5.41, 5.74) is 0.881. The minimum atomic E-state index is -0.397. The highest BCUT2D eigenvalue weighted by atomic mass is 16.6. The third-order valence-electron chi connectivity index (χ3n) is 5.78. The van der Waals surface area contributed by atoms with E-state index in [9.17, 15) is 14.9 Å². The lowest BCUT2D eigenvalue weighted by atomic mass is 10.1. The Balaban J connectivity index is 1.50. The highest BCUT2D eigenvalue weighted by Gasteiger charge is 2.28. The van der Waals surface area contributed by atoms with E-state index in [1.54, 1.807) is 17.0 Å². The number of amides is 1. The van der Waals surface area contributed by atoms with Crippen molar-refractivity contribution in [2.75, 3.05) is 37.7 Å². The Morgan fingerprint density at radius 3 is 2.61 bits per heavy atom. The summed E-state index contributed by atoms with van der Waals surface area (Å²) >= 11 is 0. The van der Waals surface area contributed by atoms with Crippen LogP contribution in [-0.4, -0.2) is 54.6 Å². The molecule has 8 nitrogen and oxygen atoms in total. The van der Waals surface area contributed by atoms with Gasteiger partial charge >= 0.3 is 0 Å². The molecule has 0 spiro atoms. The largest absolute Gasteiger partial charge is 0.486 e. The third-order valence-corrected chi connectivity index (χ3v) is 5.78. The van der Waals surface area contributed by atoms with Gasteiger partial charge in [-0.25, -0.2) is 0 Å². The summed E-state index contributed by atoms with van der Waals surface area (Å²) in [6.45, 7) is 4.62. The number of benzene rings is 2. The first kappa shape index (κ1) is 21.0. The number of nitrogens with zero attached hydrogens (tertiary/aromatic N) is 3. The molecular weight excluding hydrogens is 398 g/mol. The van der Waals surface area contributed by atoms with Gasteiger partial charge in [0.15, 0.2) is 17.6 Å². The molecule has 2 heterocycles. The van der Waals surface area contributed by atoms with Crippen LogP contribution in [-0.2, 0) is 0 Å². The maximum Gasteiger partial charge on any atom is 0.293 e. The number of nitro benzene ring substituents is 1. The number of para-hydroxylation sites is 2. The van der Waals surface area contributed by atoms with Gasteiger partial charge in [-0.05, 0) is 50.5 Å². The molecule has 31 heavy (non-hydrogen) atoms. The maximum atomic E-state index is 13.2. The van der Waals surface area contributed by atoms with E-state index in [4.69, 9.17) is 9.47 Å². The fourth-order valence-electron chi connectivity index (χ4n) is 4.14. The summed E-state index contributed by atoms with van der Waals surface area (Å²) in [6.07, 6.45) is 2.88. The van der Waals surface area contributed by atoms with E-state index in [1.165, 1.54) is 6.07 Å². The van der Waals surface area contributed by atoms with E-state index >= 15 is 0 Å². The summed E-state index contributed by atoms with van der Waals surface area (Å²) in [5.74, 6) is 1.10. The zero-order valence-corrected chi connectivity index (χ0v) is 17.7. The van der Waals surface area contributed by atoms with Crippen LogP contribution in [0.5, 0.6) is 11.5 Å². The first-order valence-electron chi connectivity index (χ1n) is 10.8. The Bertz CT molecular complexity index is 958. The second-order valence-corrected chi connectivity index (χ2v) is 7.85. The normalized spacial score (nSPS) is 17.8.